The van der Waals surface area contributed by atoms with E-state index in [1.165, 1.54) is 0 Å². The lowest BCUT2D eigenvalue weighted by Crippen LogP contribution is -2.14. The lowest BCUT2D eigenvalue weighted by Gasteiger charge is -2.24. The molecule has 6 rings (SSSR count). The number of aromatic amines is 1. The van der Waals surface area contributed by atoms with Gasteiger partial charge in [-0.05, 0) is 19.1 Å². The maximum Gasteiger partial charge on any atom is 0.244 e. The summed E-state index contributed by atoms with van der Waals surface area (Å²) in [5, 5.41) is 16.4. The average Bonchev–Trinajstić information content (AvgIpc) is 3.45. The monoisotopic (exact) mass is 462 g/mol. The molecule has 5 heterocycles. The van der Waals surface area contributed by atoms with Gasteiger partial charge in [0.05, 0.1) is 17.7 Å². The summed E-state index contributed by atoms with van der Waals surface area (Å²) in [6.07, 6.45) is 5.46. The predicted octanol–water partition coefficient (Wildman–Crippen LogP) is 3.60. The average molecular weight is 463 g/mol. The van der Waals surface area contributed by atoms with Crippen LogP contribution >= 0.6 is 15.9 Å². The van der Waals surface area contributed by atoms with Crippen molar-refractivity contribution in [1.82, 2.24) is 39.6 Å². The number of benzene rings is 1. The number of nitrogens with zero attached hydrogens (tertiary/aromatic N) is 7. The van der Waals surface area contributed by atoms with Gasteiger partial charge in [0.25, 0.3) is 0 Å². The summed E-state index contributed by atoms with van der Waals surface area (Å²) in [6.45, 7) is 1.98. The molecule has 30 heavy (non-hydrogen) atoms. The Morgan fingerprint density at radius 3 is 2.83 bits per heavy atom. The number of rotatable bonds is 2. The van der Waals surface area contributed by atoms with Crippen LogP contribution in [0.5, 0.6) is 11.8 Å². The third-order valence-corrected chi connectivity index (χ3v) is 5.98. The van der Waals surface area contributed by atoms with Crippen molar-refractivity contribution >= 4 is 21.6 Å². The van der Waals surface area contributed by atoms with E-state index in [0.717, 1.165) is 32.4 Å². The molecule has 10 heteroatoms. The summed E-state index contributed by atoms with van der Waals surface area (Å²) in [4.78, 5) is 9.38. The van der Waals surface area contributed by atoms with Gasteiger partial charge in [-0.1, -0.05) is 28.1 Å². The van der Waals surface area contributed by atoms with Crippen molar-refractivity contribution in [2.75, 3.05) is 0 Å². The van der Waals surface area contributed by atoms with Crippen LogP contribution in [0.2, 0.25) is 0 Å². The molecule has 9 nitrogen and oxygen atoms in total. The Morgan fingerprint density at radius 1 is 1.17 bits per heavy atom. The van der Waals surface area contributed by atoms with E-state index in [-0.39, 0.29) is 5.92 Å². The summed E-state index contributed by atoms with van der Waals surface area (Å²) in [7, 11) is 1.90. The molecule has 1 atom stereocenters. The van der Waals surface area contributed by atoms with Crippen LogP contribution in [0.1, 0.15) is 28.3 Å². The van der Waals surface area contributed by atoms with Crippen LogP contribution in [0.4, 0.5) is 0 Å². The number of hydrogen-bond donors (Lipinski definition) is 1. The van der Waals surface area contributed by atoms with E-state index in [2.05, 4.69) is 41.3 Å². The van der Waals surface area contributed by atoms with Crippen molar-refractivity contribution in [3.05, 3.63) is 69.8 Å². The highest BCUT2D eigenvalue weighted by Crippen LogP contribution is 2.48. The van der Waals surface area contributed by atoms with E-state index in [1.54, 1.807) is 15.5 Å². The summed E-state index contributed by atoms with van der Waals surface area (Å²) >= 11 is 3.59. The van der Waals surface area contributed by atoms with Crippen LogP contribution in [-0.2, 0) is 7.05 Å². The third-order valence-electron chi connectivity index (χ3n) is 5.29. The van der Waals surface area contributed by atoms with E-state index < -0.39 is 0 Å². The Hall–Kier alpha value is -3.53. The minimum Gasteiger partial charge on any atom is -0.418 e. The number of ether oxygens (including phenoxy) is 1. The third kappa shape index (κ3) is 2.43. The Morgan fingerprint density at radius 2 is 2.03 bits per heavy atom. The van der Waals surface area contributed by atoms with Gasteiger partial charge in [-0.3, -0.25) is 9.78 Å². The molecule has 0 amide bonds. The van der Waals surface area contributed by atoms with Gasteiger partial charge in [0, 0.05) is 40.1 Å². The molecular formula is C20H15BrN8O. The second-order valence-corrected chi connectivity index (χ2v) is 8.05. The molecule has 5 aromatic rings. The molecule has 1 aliphatic heterocycles. The smallest absolute Gasteiger partial charge is 0.244 e. The molecule has 0 spiro atoms. The normalized spacial score (nSPS) is 15.1. The van der Waals surface area contributed by atoms with Crippen molar-refractivity contribution in [3.63, 3.8) is 0 Å². The van der Waals surface area contributed by atoms with Crippen molar-refractivity contribution in [1.29, 1.82) is 0 Å². The first-order valence-electron chi connectivity index (χ1n) is 9.31. The first-order valence-corrected chi connectivity index (χ1v) is 10.1. The highest BCUT2D eigenvalue weighted by molar-refractivity contribution is 9.10. The molecule has 1 aromatic carbocycles. The molecule has 0 unspecified atom stereocenters. The fourth-order valence-electron chi connectivity index (χ4n) is 3.94. The van der Waals surface area contributed by atoms with Crippen LogP contribution < -0.4 is 4.74 Å². The fourth-order valence-corrected chi connectivity index (χ4v) is 4.40. The molecule has 1 aliphatic rings. The molecular weight excluding hydrogens is 448 g/mol. The van der Waals surface area contributed by atoms with Crippen LogP contribution in [0.15, 0.2) is 47.5 Å². The molecule has 0 saturated heterocycles. The number of H-pyrrole nitrogens is 1. The second-order valence-electron chi connectivity index (χ2n) is 7.20. The van der Waals surface area contributed by atoms with E-state index in [0.29, 0.717) is 23.2 Å². The number of fused-ring (bicyclic) bond motifs is 4. The van der Waals surface area contributed by atoms with Crippen LogP contribution in [0.25, 0.3) is 17.0 Å². The van der Waals surface area contributed by atoms with Crippen LogP contribution in [0.3, 0.4) is 0 Å². The van der Waals surface area contributed by atoms with Crippen molar-refractivity contribution in [2.24, 2.45) is 7.05 Å². The number of halogens is 1. The van der Waals surface area contributed by atoms with Gasteiger partial charge in [-0.2, -0.15) is 5.10 Å². The van der Waals surface area contributed by atoms with Gasteiger partial charge in [0.15, 0.2) is 11.5 Å². The summed E-state index contributed by atoms with van der Waals surface area (Å²) in [6, 6.07) is 7.87. The standard InChI is InChI=1S/C20H15BrN8O/c1-10-14-15(11-7-23-28(2)8-11)16-18-24-17(12-5-3-4-6-13(12)21)27-29(18)9-22-19(16)30-20(14)26-25-10/h3-9,15H,1-2H3,(H,25,26)/t15-/m1/s1. The topological polar surface area (TPSA) is 98.8 Å². The van der Waals surface area contributed by atoms with Crippen molar-refractivity contribution in [3.8, 4) is 23.1 Å². The zero-order chi connectivity index (χ0) is 20.4. The Kier molecular flexibility index (Phi) is 3.60. The maximum absolute atomic E-state index is 6.03. The van der Waals surface area contributed by atoms with Crippen molar-refractivity contribution in [2.45, 2.75) is 12.8 Å². The van der Waals surface area contributed by atoms with Crippen LogP contribution in [-0.4, -0.2) is 39.6 Å². The lowest BCUT2D eigenvalue weighted by molar-refractivity contribution is 0.416. The van der Waals surface area contributed by atoms with E-state index >= 15 is 0 Å². The van der Waals surface area contributed by atoms with Gasteiger partial charge >= 0.3 is 0 Å². The molecule has 0 saturated carbocycles. The predicted molar refractivity (Wildman–Crippen MR) is 111 cm³/mol. The number of aromatic nitrogens is 8. The van der Waals surface area contributed by atoms with Gasteiger partial charge < -0.3 is 4.74 Å². The van der Waals surface area contributed by atoms with Gasteiger partial charge in [-0.15, -0.1) is 10.2 Å². The molecule has 0 aliphatic carbocycles. The molecule has 4 aromatic heterocycles. The number of aryl methyl sites for hydroxylation is 2. The molecule has 0 bridgehead atoms. The summed E-state index contributed by atoms with van der Waals surface area (Å²) < 4.78 is 10.4. The number of hydrogen-bond acceptors (Lipinski definition) is 6. The highest BCUT2D eigenvalue weighted by Gasteiger charge is 2.37. The largest absolute Gasteiger partial charge is 0.418 e. The minimum atomic E-state index is -0.177. The van der Waals surface area contributed by atoms with Crippen LogP contribution in [0, 0.1) is 6.92 Å². The minimum absolute atomic E-state index is 0.177. The summed E-state index contributed by atoms with van der Waals surface area (Å²) in [5.41, 5.74) is 5.32. The number of nitrogens with one attached hydrogen (secondary N) is 1. The Labute approximate surface area is 178 Å². The SMILES string of the molecule is Cc1[nH]nc2c1[C@@H](c1cnn(C)c1)c1c(ncn3nc(-c4ccccc4Br)nc13)O2. The summed E-state index contributed by atoms with van der Waals surface area (Å²) in [5.74, 6) is 1.43. The molecule has 0 radical (unpaired) electrons. The maximum atomic E-state index is 6.03. The quantitative estimate of drug-likeness (QED) is 0.421. The Bertz CT molecular complexity index is 1430. The molecule has 0 fully saturated rings. The molecule has 148 valence electrons. The second kappa shape index (κ2) is 6.23. The fraction of sp³-hybridized carbons (Fsp3) is 0.150. The van der Waals surface area contributed by atoms with Gasteiger partial charge in [-0.25, -0.2) is 14.5 Å². The van der Waals surface area contributed by atoms with Crippen molar-refractivity contribution < 1.29 is 4.74 Å². The Balaban J connectivity index is 1.64. The van der Waals surface area contributed by atoms with E-state index in [9.17, 15) is 0 Å². The van der Waals surface area contributed by atoms with Gasteiger partial charge in [0.2, 0.25) is 11.8 Å². The highest BCUT2D eigenvalue weighted by atomic mass is 79.9. The van der Waals surface area contributed by atoms with E-state index in [1.807, 2.05) is 50.6 Å². The first-order chi connectivity index (χ1) is 14.6. The zero-order valence-electron chi connectivity index (χ0n) is 16.0. The lowest BCUT2D eigenvalue weighted by atomic mass is 9.86. The first kappa shape index (κ1) is 17.3. The van der Waals surface area contributed by atoms with E-state index in [4.69, 9.17) is 9.72 Å². The molecule has 1 N–H and O–H groups in total. The zero-order valence-corrected chi connectivity index (χ0v) is 17.6. The van der Waals surface area contributed by atoms with Gasteiger partial charge in [0.1, 0.15) is 6.33 Å².